The van der Waals surface area contributed by atoms with E-state index in [-0.39, 0.29) is 42.6 Å². The minimum atomic E-state index is -2.26. The van der Waals surface area contributed by atoms with E-state index < -0.39 is 58.5 Å². The highest BCUT2D eigenvalue weighted by molar-refractivity contribution is 5.95. The Morgan fingerprint density at radius 3 is 2.23 bits per heavy atom. The largest absolute Gasteiger partial charge is 0.456 e. The molecule has 0 saturated heterocycles. The summed E-state index contributed by atoms with van der Waals surface area (Å²) in [5.41, 5.74) is -8.04. The standard InChI is InChI=1S/C24H32O11/c1-12(2)18(27)33-16-10-22(6,34-14(4)26)23(30)9-8-21(5,29)20(32-13(3)25)24(23)17(16)15(11-31-7)19(28)35-24/h16,20,29-30H,1,8-11H2,2-7H3. The molecule has 0 aromatic rings. The zero-order chi connectivity index (χ0) is 26.6. The highest BCUT2D eigenvalue weighted by atomic mass is 16.6. The molecule has 11 heteroatoms. The molecular weight excluding hydrogens is 464 g/mol. The van der Waals surface area contributed by atoms with Crippen LogP contribution in [0.1, 0.15) is 53.9 Å². The Kier molecular flexibility index (Phi) is 6.69. The van der Waals surface area contributed by atoms with Crippen molar-refractivity contribution in [2.75, 3.05) is 13.7 Å². The molecule has 1 aliphatic heterocycles. The fraction of sp³-hybridized carbons (Fsp3) is 0.667. The third-order valence-corrected chi connectivity index (χ3v) is 7.08. The van der Waals surface area contributed by atoms with Crippen LogP contribution in [0.3, 0.4) is 0 Å². The Hall–Kier alpha value is -2.76. The third kappa shape index (κ3) is 3.95. The van der Waals surface area contributed by atoms with Gasteiger partial charge in [0.1, 0.15) is 17.3 Å². The van der Waals surface area contributed by atoms with Gasteiger partial charge in [-0.1, -0.05) is 6.58 Å². The maximum absolute atomic E-state index is 13.2. The summed E-state index contributed by atoms with van der Waals surface area (Å²) in [6.07, 6.45) is -3.48. The van der Waals surface area contributed by atoms with Crippen molar-refractivity contribution in [3.8, 4) is 0 Å². The average molecular weight is 497 g/mol. The monoisotopic (exact) mass is 496 g/mol. The number of carbonyl (C=O) groups is 4. The van der Waals surface area contributed by atoms with Crippen molar-refractivity contribution >= 4 is 23.9 Å². The molecule has 6 atom stereocenters. The van der Waals surface area contributed by atoms with Gasteiger partial charge in [-0.3, -0.25) is 9.59 Å². The molecule has 1 spiro atoms. The van der Waals surface area contributed by atoms with Crippen LogP contribution in [-0.2, 0) is 42.9 Å². The van der Waals surface area contributed by atoms with Crippen LogP contribution in [0.4, 0.5) is 0 Å². The molecule has 11 nitrogen and oxygen atoms in total. The maximum Gasteiger partial charge on any atom is 0.337 e. The minimum absolute atomic E-state index is 0.0164. The van der Waals surface area contributed by atoms with E-state index in [9.17, 15) is 29.4 Å². The second-order valence-electron chi connectivity index (χ2n) is 9.86. The molecule has 2 aliphatic carbocycles. The number of hydrogen-bond donors (Lipinski definition) is 2. The molecule has 1 heterocycles. The molecule has 35 heavy (non-hydrogen) atoms. The SMILES string of the molecule is C=C(C)C(=O)OC1CC(C)(OC(C)=O)C2(O)CCC(C)(O)C(OC(C)=O)C23OC(=O)C(COC)=C13. The van der Waals surface area contributed by atoms with Gasteiger partial charge in [0, 0.05) is 38.5 Å². The molecule has 0 bridgehead atoms. The Morgan fingerprint density at radius 2 is 1.71 bits per heavy atom. The lowest BCUT2D eigenvalue weighted by atomic mass is 9.51. The van der Waals surface area contributed by atoms with E-state index in [1.54, 1.807) is 0 Å². The number of esters is 4. The van der Waals surface area contributed by atoms with E-state index in [4.69, 9.17) is 23.7 Å². The van der Waals surface area contributed by atoms with Gasteiger partial charge in [-0.05, 0) is 33.6 Å². The molecule has 2 fully saturated rings. The van der Waals surface area contributed by atoms with Crippen LogP contribution in [0.15, 0.2) is 23.3 Å². The maximum atomic E-state index is 13.2. The lowest BCUT2D eigenvalue weighted by Crippen LogP contribution is -2.82. The normalized spacial score (nSPS) is 38.1. The van der Waals surface area contributed by atoms with Crippen LogP contribution in [0.5, 0.6) is 0 Å². The lowest BCUT2D eigenvalue weighted by molar-refractivity contribution is -0.324. The molecule has 0 aromatic carbocycles. The van der Waals surface area contributed by atoms with Crippen LogP contribution in [0.2, 0.25) is 0 Å². The van der Waals surface area contributed by atoms with Gasteiger partial charge in [0.05, 0.1) is 12.2 Å². The smallest absolute Gasteiger partial charge is 0.337 e. The Morgan fingerprint density at radius 1 is 1.09 bits per heavy atom. The molecule has 0 amide bonds. The van der Waals surface area contributed by atoms with Crippen LogP contribution < -0.4 is 0 Å². The van der Waals surface area contributed by atoms with Crippen molar-refractivity contribution in [3.63, 3.8) is 0 Å². The quantitative estimate of drug-likeness (QED) is 0.302. The van der Waals surface area contributed by atoms with Gasteiger partial charge >= 0.3 is 23.9 Å². The zero-order valence-corrected chi connectivity index (χ0v) is 20.8. The molecule has 3 aliphatic rings. The first-order valence-electron chi connectivity index (χ1n) is 11.2. The summed E-state index contributed by atoms with van der Waals surface area (Å²) in [5.74, 6) is -3.30. The van der Waals surface area contributed by atoms with Gasteiger partial charge < -0.3 is 33.9 Å². The van der Waals surface area contributed by atoms with Gasteiger partial charge in [-0.25, -0.2) is 9.59 Å². The van der Waals surface area contributed by atoms with Crippen molar-refractivity contribution in [2.45, 2.75) is 88.5 Å². The number of hydrogen-bond acceptors (Lipinski definition) is 11. The zero-order valence-electron chi connectivity index (χ0n) is 20.8. The summed E-state index contributed by atoms with van der Waals surface area (Å²) in [4.78, 5) is 50.1. The molecule has 0 aromatic heterocycles. The lowest BCUT2D eigenvalue weighted by Gasteiger charge is -2.63. The molecule has 194 valence electrons. The fourth-order valence-corrected chi connectivity index (χ4v) is 5.65. The third-order valence-electron chi connectivity index (χ3n) is 7.08. The van der Waals surface area contributed by atoms with Crippen LogP contribution in [-0.4, -0.2) is 82.4 Å². The van der Waals surface area contributed by atoms with Gasteiger partial charge in [0.15, 0.2) is 11.7 Å². The summed E-state index contributed by atoms with van der Waals surface area (Å²) in [6.45, 7) is 9.75. The van der Waals surface area contributed by atoms with Gasteiger partial charge in [0.2, 0.25) is 5.60 Å². The summed E-state index contributed by atoms with van der Waals surface area (Å²) in [5, 5.41) is 23.6. The van der Waals surface area contributed by atoms with Crippen LogP contribution in [0.25, 0.3) is 0 Å². The minimum Gasteiger partial charge on any atom is -0.456 e. The molecular formula is C24H32O11. The van der Waals surface area contributed by atoms with Gasteiger partial charge in [-0.15, -0.1) is 0 Å². The Balaban J connectivity index is 2.40. The molecule has 6 unspecified atom stereocenters. The summed E-state index contributed by atoms with van der Waals surface area (Å²) < 4.78 is 27.8. The van der Waals surface area contributed by atoms with Crippen molar-refractivity contribution < 1.29 is 53.1 Å². The van der Waals surface area contributed by atoms with Crippen molar-refractivity contribution in [2.24, 2.45) is 0 Å². The Bertz CT molecular complexity index is 1010. The predicted octanol–water partition coefficient (Wildman–Crippen LogP) is 0.646. The van der Waals surface area contributed by atoms with E-state index >= 15 is 0 Å². The van der Waals surface area contributed by atoms with E-state index in [2.05, 4.69) is 6.58 Å². The number of ether oxygens (including phenoxy) is 5. The second-order valence-corrected chi connectivity index (χ2v) is 9.86. The van der Waals surface area contributed by atoms with Crippen molar-refractivity contribution in [1.82, 2.24) is 0 Å². The summed E-state index contributed by atoms with van der Waals surface area (Å²) in [7, 11) is 1.33. The highest BCUT2D eigenvalue weighted by Crippen LogP contribution is 2.63. The van der Waals surface area contributed by atoms with Crippen molar-refractivity contribution in [3.05, 3.63) is 23.3 Å². The average Bonchev–Trinajstić information content (AvgIpc) is 3.00. The molecule has 2 saturated carbocycles. The highest BCUT2D eigenvalue weighted by Gasteiger charge is 2.81. The second kappa shape index (κ2) is 8.72. The summed E-state index contributed by atoms with van der Waals surface area (Å²) >= 11 is 0. The van der Waals surface area contributed by atoms with E-state index in [1.165, 1.54) is 27.9 Å². The first-order valence-corrected chi connectivity index (χ1v) is 11.2. The predicted molar refractivity (Wildman–Crippen MR) is 118 cm³/mol. The topological polar surface area (TPSA) is 155 Å². The van der Waals surface area contributed by atoms with E-state index in [1.807, 2.05) is 0 Å². The molecule has 0 radical (unpaired) electrons. The first-order chi connectivity index (χ1) is 16.1. The van der Waals surface area contributed by atoms with Crippen LogP contribution >= 0.6 is 0 Å². The summed E-state index contributed by atoms with van der Waals surface area (Å²) in [6, 6.07) is 0. The van der Waals surface area contributed by atoms with Gasteiger partial charge in [-0.2, -0.15) is 0 Å². The van der Waals surface area contributed by atoms with Crippen molar-refractivity contribution in [1.29, 1.82) is 0 Å². The van der Waals surface area contributed by atoms with Gasteiger partial charge in [0.25, 0.3) is 0 Å². The fourth-order valence-electron chi connectivity index (χ4n) is 5.65. The first kappa shape index (κ1) is 26.8. The number of methoxy groups -OCH3 is 1. The van der Waals surface area contributed by atoms with E-state index in [0.29, 0.717) is 0 Å². The molecule has 2 N–H and O–H groups in total. The number of rotatable bonds is 6. The number of aliphatic hydroxyl groups is 2. The molecule has 3 rings (SSSR count). The van der Waals surface area contributed by atoms with Crippen LogP contribution in [0, 0.1) is 0 Å². The van der Waals surface area contributed by atoms with E-state index in [0.717, 1.165) is 13.8 Å². The Labute approximate surface area is 203 Å². The number of carbonyl (C=O) groups excluding carboxylic acids is 4.